The quantitative estimate of drug-likeness (QED) is 0.480. The predicted molar refractivity (Wildman–Crippen MR) is 144 cm³/mol. The minimum atomic E-state index is -0.127. The van der Waals surface area contributed by atoms with Crippen LogP contribution in [-0.2, 0) is 22.5 Å². The van der Waals surface area contributed by atoms with Crippen LogP contribution in [0.2, 0.25) is 0 Å². The maximum atomic E-state index is 11.9. The molecule has 0 unspecified atom stereocenters. The maximum Gasteiger partial charge on any atom is 0.248 e. The smallest absolute Gasteiger partial charge is 0.248 e. The number of hydrogen-bond donors (Lipinski definition) is 2. The first-order valence-corrected chi connectivity index (χ1v) is 12.4. The SMILES string of the molecule is C/C=C/C(=O)Nc1cccc(CN2CCc3c(C)nc(Nc4ccc(N5CCOCC5)cc4)nc32)c1. The first-order chi connectivity index (χ1) is 17.6. The van der Waals surface area contributed by atoms with Gasteiger partial charge in [0.2, 0.25) is 11.9 Å². The van der Waals surface area contributed by atoms with Crippen LogP contribution < -0.4 is 20.4 Å². The van der Waals surface area contributed by atoms with Gasteiger partial charge in [-0.25, -0.2) is 4.98 Å². The zero-order valence-electron chi connectivity index (χ0n) is 20.8. The summed E-state index contributed by atoms with van der Waals surface area (Å²) in [4.78, 5) is 26.2. The molecule has 8 heteroatoms. The second kappa shape index (κ2) is 10.8. The van der Waals surface area contributed by atoms with E-state index in [9.17, 15) is 4.79 Å². The van der Waals surface area contributed by atoms with Gasteiger partial charge in [-0.15, -0.1) is 0 Å². The van der Waals surface area contributed by atoms with Gasteiger partial charge in [0.15, 0.2) is 0 Å². The molecule has 0 saturated carbocycles. The minimum absolute atomic E-state index is 0.127. The number of aromatic nitrogens is 2. The van der Waals surface area contributed by atoms with Crippen molar-refractivity contribution in [3.05, 3.63) is 77.5 Å². The van der Waals surface area contributed by atoms with E-state index in [-0.39, 0.29) is 5.91 Å². The number of aryl methyl sites for hydroxylation is 1. The van der Waals surface area contributed by atoms with Crippen molar-refractivity contribution in [2.24, 2.45) is 0 Å². The van der Waals surface area contributed by atoms with Crippen LogP contribution in [0.25, 0.3) is 0 Å². The summed E-state index contributed by atoms with van der Waals surface area (Å²) in [5.74, 6) is 1.45. The van der Waals surface area contributed by atoms with Crippen molar-refractivity contribution in [1.82, 2.24) is 9.97 Å². The Labute approximate surface area is 212 Å². The van der Waals surface area contributed by atoms with Gasteiger partial charge in [0.05, 0.1) is 13.2 Å². The van der Waals surface area contributed by atoms with Crippen LogP contribution in [0.5, 0.6) is 0 Å². The van der Waals surface area contributed by atoms with Crippen molar-refractivity contribution >= 4 is 34.7 Å². The Bertz CT molecular complexity index is 1250. The van der Waals surface area contributed by atoms with Crippen LogP contribution in [0.3, 0.4) is 0 Å². The molecule has 2 aromatic carbocycles. The standard InChI is InChI=1S/C28H32N6O2/c1-3-5-26(35)30-23-7-4-6-21(18-23)19-34-13-12-25-20(2)29-28(32-27(25)34)31-22-8-10-24(11-9-22)33-14-16-36-17-15-33/h3-11,18H,12-17,19H2,1-2H3,(H,30,35)(H,29,31,32)/b5-3+. The molecule has 2 aliphatic rings. The summed E-state index contributed by atoms with van der Waals surface area (Å²) in [6, 6.07) is 16.4. The van der Waals surface area contributed by atoms with Crippen molar-refractivity contribution in [1.29, 1.82) is 0 Å². The number of ether oxygens (including phenoxy) is 1. The average Bonchev–Trinajstić information content (AvgIpc) is 3.28. The molecule has 5 rings (SSSR count). The van der Waals surface area contributed by atoms with E-state index in [0.29, 0.717) is 12.5 Å². The summed E-state index contributed by atoms with van der Waals surface area (Å²) in [5.41, 5.74) is 6.26. The molecule has 0 aliphatic carbocycles. The normalized spacial score (nSPS) is 15.3. The van der Waals surface area contributed by atoms with Gasteiger partial charge < -0.3 is 25.2 Å². The van der Waals surface area contributed by atoms with E-state index in [2.05, 4.69) is 50.8 Å². The topological polar surface area (TPSA) is 82.6 Å². The van der Waals surface area contributed by atoms with Gasteiger partial charge in [0.25, 0.3) is 0 Å². The lowest BCUT2D eigenvalue weighted by Crippen LogP contribution is -2.36. The van der Waals surface area contributed by atoms with Crippen molar-refractivity contribution in [2.45, 2.75) is 26.8 Å². The van der Waals surface area contributed by atoms with Gasteiger partial charge >= 0.3 is 0 Å². The highest BCUT2D eigenvalue weighted by atomic mass is 16.5. The minimum Gasteiger partial charge on any atom is -0.378 e. The highest BCUT2D eigenvalue weighted by Crippen LogP contribution is 2.31. The molecule has 186 valence electrons. The molecule has 3 aromatic rings. The number of fused-ring (bicyclic) bond motifs is 1. The Morgan fingerprint density at radius 2 is 1.86 bits per heavy atom. The molecule has 0 spiro atoms. The molecule has 1 saturated heterocycles. The van der Waals surface area contributed by atoms with Gasteiger partial charge in [0, 0.05) is 54.5 Å². The summed E-state index contributed by atoms with van der Waals surface area (Å²) in [7, 11) is 0. The van der Waals surface area contributed by atoms with Crippen LogP contribution in [0.4, 0.5) is 28.8 Å². The first-order valence-electron chi connectivity index (χ1n) is 12.4. The fraction of sp³-hybridized carbons (Fsp3) is 0.321. The third-order valence-electron chi connectivity index (χ3n) is 6.51. The molecule has 3 heterocycles. The van der Waals surface area contributed by atoms with Gasteiger partial charge in [-0.2, -0.15) is 4.98 Å². The maximum absolute atomic E-state index is 11.9. The fourth-order valence-corrected chi connectivity index (χ4v) is 4.71. The number of benzene rings is 2. The van der Waals surface area contributed by atoms with E-state index < -0.39 is 0 Å². The van der Waals surface area contributed by atoms with E-state index in [1.165, 1.54) is 17.3 Å². The number of anilines is 5. The van der Waals surface area contributed by atoms with E-state index in [1.54, 1.807) is 6.08 Å². The molecular formula is C28H32N6O2. The van der Waals surface area contributed by atoms with E-state index in [0.717, 1.165) is 67.7 Å². The van der Waals surface area contributed by atoms with Crippen LogP contribution in [0, 0.1) is 6.92 Å². The number of allylic oxidation sites excluding steroid dienone is 1. The van der Waals surface area contributed by atoms with Crippen molar-refractivity contribution in [3.8, 4) is 0 Å². The number of nitrogens with zero attached hydrogens (tertiary/aromatic N) is 4. The van der Waals surface area contributed by atoms with Crippen LogP contribution >= 0.6 is 0 Å². The molecule has 0 atom stereocenters. The Morgan fingerprint density at radius 1 is 1.06 bits per heavy atom. The Morgan fingerprint density at radius 3 is 2.64 bits per heavy atom. The van der Waals surface area contributed by atoms with E-state index in [4.69, 9.17) is 14.7 Å². The van der Waals surface area contributed by atoms with Crippen molar-refractivity contribution < 1.29 is 9.53 Å². The second-order valence-electron chi connectivity index (χ2n) is 9.07. The lowest BCUT2D eigenvalue weighted by atomic mass is 10.2. The molecule has 0 bridgehead atoms. The Hall–Kier alpha value is -3.91. The number of hydrogen-bond acceptors (Lipinski definition) is 7. The first kappa shape index (κ1) is 23.8. The molecule has 8 nitrogen and oxygen atoms in total. The van der Waals surface area contributed by atoms with Gasteiger partial charge in [-0.1, -0.05) is 18.2 Å². The van der Waals surface area contributed by atoms with Gasteiger partial charge in [-0.05, 0) is 68.3 Å². The molecule has 1 aromatic heterocycles. The molecule has 1 fully saturated rings. The molecule has 2 aliphatic heterocycles. The third kappa shape index (κ3) is 5.49. The molecular weight excluding hydrogens is 452 g/mol. The fourth-order valence-electron chi connectivity index (χ4n) is 4.71. The summed E-state index contributed by atoms with van der Waals surface area (Å²) in [6.07, 6.45) is 4.17. The summed E-state index contributed by atoms with van der Waals surface area (Å²) >= 11 is 0. The predicted octanol–water partition coefficient (Wildman–Crippen LogP) is 4.44. The van der Waals surface area contributed by atoms with Crippen LogP contribution in [-0.4, -0.2) is 48.7 Å². The summed E-state index contributed by atoms with van der Waals surface area (Å²) in [6.45, 7) is 8.86. The summed E-state index contributed by atoms with van der Waals surface area (Å²) in [5, 5.41) is 6.29. The monoisotopic (exact) mass is 484 g/mol. The van der Waals surface area contributed by atoms with Gasteiger partial charge in [-0.3, -0.25) is 4.79 Å². The number of nitrogens with one attached hydrogen (secondary N) is 2. The lowest BCUT2D eigenvalue weighted by molar-refractivity contribution is -0.111. The zero-order chi connectivity index (χ0) is 24.9. The lowest BCUT2D eigenvalue weighted by Gasteiger charge is -2.28. The highest BCUT2D eigenvalue weighted by Gasteiger charge is 2.24. The number of carbonyl (C=O) groups excluding carboxylic acids is 1. The number of morpholine rings is 1. The van der Waals surface area contributed by atoms with Crippen molar-refractivity contribution in [3.63, 3.8) is 0 Å². The number of rotatable bonds is 7. The molecule has 36 heavy (non-hydrogen) atoms. The van der Waals surface area contributed by atoms with Crippen LogP contribution in [0.1, 0.15) is 23.7 Å². The molecule has 1 amide bonds. The highest BCUT2D eigenvalue weighted by molar-refractivity contribution is 5.99. The Balaban J connectivity index is 1.29. The molecule has 2 N–H and O–H groups in total. The third-order valence-corrected chi connectivity index (χ3v) is 6.51. The second-order valence-corrected chi connectivity index (χ2v) is 9.07. The van der Waals surface area contributed by atoms with Crippen molar-refractivity contribution in [2.75, 3.05) is 53.3 Å². The van der Waals surface area contributed by atoms with E-state index >= 15 is 0 Å². The average molecular weight is 485 g/mol. The number of amides is 1. The Kier molecular flexibility index (Phi) is 7.13. The molecule has 0 radical (unpaired) electrons. The zero-order valence-corrected chi connectivity index (χ0v) is 20.8. The van der Waals surface area contributed by atoms with Crippen LogP contribution in [0.15, 0.2) is 60.7 Å². The number of carbonyl (C=O) groups is 1. The summed E-state index contributed by atoms with van der Waals surface area (Å²) < 4.78 is 5.45. The van der Waals surface area contributed by atoms with Gasteiger partial charge in [0.1, 0.15) is 5.82 Å². The largest absolute Gasteiger partial charge is 0.378 e. The van der Waals surface area contributed by atoms with E-state index in [1.807, 2.05) is 32.0 Å².